The van der Waals surface area contributed by atoms with Crippen LogP contribution in [0.1, 0.15) is 89.9 Å². The van der Waals surface area contributed by atoms with E-state index in [2.05, 4.69) is 77.1 Å². The van der Waals surface area contributed by atoms with E-state index in [9.17, 15) is 48.5 Å². The predicted molar refractivity (Wildman–Crippen MR) is 359 cm³/mol. The first kappa shape index (κ1) is 81.9. The summed E-state index contributed by atoms with van der Waals surface area (Å²) in [6.45, 7) is -0.0666. The first-order valence-corrected chi connectivity index (χ1v) is 31.7. The lowest BCUT2D eigenvalue weighted by atomic mass is 10.0. The molecule has 0 aliphatic rings. The van der Waals surface area contributed by atoms with Crippen molar-refractivity contribution < 1.29 is 43.3 Å². The minimum atomic E-state index is -1.53. The van der Waals surface area contributed by atoms with Crippen molar-refractivity contribution in [2.24, 2.45) is 127 Å². The van der Waals surface area contributed by atoms with Crippen LogP contribution in [0.25, 0.3) is 0 Å². The molecule has 0 aliphatic carbocycles. The summed E-state index contributed by atoms with van der Waals surface area (Å²) < 4.78 is 0. The topological polar surface area (TPSA) is 780 Å². The maximum Gasteiger partial charge on any atom is 0.302 e. The Labute approximate surface area is 549 Å². The van der Waals surface area contributed by atoms with Crippen molar-refractivity contribution in [2.75, 3.05) is 51.6 Å². The van der Waals surface area contributed by atoms with Gasteiger partial charge in [0.15, 0.2) is 46.7 Å². The standard InChI is InChI=1S/C50H94N32O10S2/c51-26(25-93-94-43-34(82(91)92)16-8-17-67-43)36(84)76-28(10-2-19-69-45(55)56)38(86)78-30(12-4-21-71-47(59)60)40(88)80-32(14-6-23-73-49(63)64)42(90)81-33(15-7-24-74-50(65)66)41(89)79-31(13-5-22-72-48(61)62)39(87)77-29(11-3-20-70-46(57)58)37(85)75-27(35(52)83)9-1-18-68-44(53)54/h8,16-17,26-33H,1-7,9-15,18-25,51H2,(H2,52,83)(H,75,85)(H,76,84)(H,77,87)(H,78,86)(H,79,89)(H,80,88)(H,81,90)(H4,53,54,68)(H4,55,56,69)(H4,57,58,70)(H4,59,60,71)(H4,61,62,72)(H4,63,64,73)(H4,65,66,74)/t26-,27-,28-,29-,30-,31-,32-,33-/m0/s1. The molecule has 0 unspecified atom stereocenters. The van der Waals surface area contributed by atoms with E-state index in [-0.39, 0.29) is 194 Å². The van der Waals surface area contributed by atoms with Gasteiger partial charge in [-0.3, -0.25) is 83.4 Å². The van der Waals surface area contributed by atoms with Gasteiger partial charge in [-0.15, -0.1) is 0 Å². The van der Waals surface area contributed by atoms with Gasteiger partial charge in [0, 0.05) is 63.8 Å². The minimum absolute atomic E-state index is 0.00173. The Morgan fingerprint density at radius 1 is 0.404 bits per heavy atom. The molecule has 1 aromatic rings. The number of rotatable bonds is 48. The molecule has 0 aromatic carbocycles. The number of carbonyl (C=O) groups is 8. The van der Waals surface area contributed by atoms with Crippen LogP contribution < -0.4 is 129 Å². The fourth-order valence-corrected chi connectivity index (χ4v) is 10.3. The van der Waals surface area contributed by atoms with Gasteiger partial charge in [0.1, 0.15) is 42.3 Å². The molecule has 1 rings (SSSR count). The molecule has 8 amide bonds. The van der Waals surface area contributed by atoms with Crippen molar-refractivity contribution >= 4 is 116 Å². The van der Waals surface area contributed by atoms with Gasteiger partial charge in [-0.2, -0.15) is 0 Å². The number of aliphatic imine (C=N–C) groups is 7. The molecule has 94 heavy (non-hydrogen) atoms. The number of primary amides is 1. The van der Waals surface area contributed by atoms with E-state index in [1.165, 1.54) is 18.3 Å². The number of amides is 8. The fraction of sp³-hybridized carbons (Fsp3) is 0.600. The number of pyridine rings is 1. The van der Waals surface area contributed by atoms with Gasteiger partial charge in [0.2, 0.25) is 47.3 Å². The highest BCUT2D eigenvalue weighted by molar-refractivity contribution is 8.76. The van der Waals surface area contributed by atoms with E-state index in [1.807, 2.05) is 0 Å². The summed E-state index contributed by atoms with van der Waals surface area (Å²) in [4.78, 5) is 155. The van der Waals surface area contributed by atoms with Crippen molar-refractivity contribution in [2.45, 2.75) is 143 Å². The lowest BCUT2D eigenvalue weighted by Gasteiger charge is -2.28. The molecule has 0 fully saturated rings. The highest BCUT2D eigenvalue weighted by atomic mass is 33.1. The number of nitro groups is 1. The Bertz CT molecular complexity index is 2830. The van der Waals surface area contributed by atoms with E-state index >= 15 is 0 Å². The van der Waals surface area contributed by atoms with Crippen molar-refractivity contribution in [3.8, 4) is 0 Å². The Hall–Kier alpha value is -10.1. The molecule has 44 heteroatoms. The molecule has 42 nitrogen and oxygen atoms in total. The zero-order valence-corrected chi connectivity index (χ0v) is 53.7. The van der Waals surface area contributed by atoms with Crippen LogP contribution in [-0.4, -0.2) is 199 Å². The van der Waals surface area contributed by atoms with Crippen LogP contribution in [0.4, 0.5) is 5.69 Å². The van der Waals surface area contributed by atoms with Gasteiger partial charge in [-0.25, -0.2) is 4.98 Å². The number of nitrogens with two attached hydrogens (primary N) is 16. The Kier molecular flexibility index (Phi) is 40.1. The van der Waals surface area contributed by atoms with E-state index in [0.29, 0.717) is 0 Å². The third-order valence-corrected chi connectivity index (χ3v) is 15.1. The highest BCUT2D eigenvalue weighted by Gasteiger charge is 2.35. The summed E-state index contributed by atoms with van der Waals surface area (Å²) in [5, 5.41) is 29.9. The van der Waals surface area contributed by atoms with E-state index in [0.717, 1.165) is 21.6 Å². The quantitative estimate of drug-likeness (QED) is 0.00719. The summed E-state index contributed by atoms with van der Waals surface area (Å²) >= 11 is 0. The summed E-state index contributed by atoms with van der Waals surface area (Å²) in [5.41, 5.74) is 89.0. The molecule has 0 aliphatic heterocycles. The molecule has 0 bridgehead atoms. The maximum absolute atomic E-state index is 14.7. The number of aromatic nitrogens is 1. The lowest BCUT2D eigenvalue weighted by molar-refractivity contribution is -0.388. The van der Waals surface area contributed by atoms with Gasteiger partial charge in [-0.1, -0.05) is 10.8 Å². The third-order valence-electron chi connectivity index (χ3n) is 12.7. The van der Waals surface area contributed by atoms with Crippen LogP contribution in [0.3, 0.4) is 0 Å². The Balaban J connectivity index is 3.84. The average Bonchev–Trinajstić information content (AvgIpc) is 1.12. The number of nitrogens with zero attached hydrogens (tertiary/aromatic N) is 9. The van der Waals surface area contributed by atoms with Gasteiger partial charge < -0.3 is 129 Å². The first-order chi connectivity index (χ1) is 44.4. The predicted octanol–water partition coefficient (Wildman–Crippen LogP) is -9.69. The Morgan fingerprint density at radius 2 is 0.638 bits per heavy atom. The van der Waals surface area contributed by atoms with E-state index < -0.39 is 101 Å². The van der Waals surface area contributed by atoms with Crippen LogP contribution in [0, 0.1) is 10.1 Å². The van der Waals surface area contributed by atoms with Crippen molar-refractivity contribution in [1.29, 1.82) is 0 Å². The van der Waals surface area contributed by atoms with Gasteiger partial charge in [0.05, 0.1) is 11.0 Å². The second-order valence-corrected chi connectivity index (χ2v) is 22.9. The molecule has 39 N–H and O–H groups in total. The van der Waals surface area contributed by atoms with E-state index in [1.54, 1.807) is 0 Å². The smallest absolute Gasteiger partial charge is 0.302 e. The molecule has 0 spiro atoms. The van der Waals surface area contributed by atoms with Crippen LogP contribution in [0.2, 0.25) is 0 Å². The Morgan fingerprint density at radius 3 is 0.872 bits per heavy atom. The molecular formula is C50H94N32O10S2. The number of hydrogen-bond acceptors (Lipinski definition) is 21. The van der Waals surface area contributed by atoms with Crippen LogP contribution in [0.5, 0.6) is 0 Å². The summed E-state index contributed by atoms with van der Waals surface area (Å²) in [6, 6.07) is -8.72. The average molecular weight is 1370 g/mol. The van der Waals surface area contributed by atoms with Crippen molar-refractivity contribution in [3.63, 3.8) is 0 Å². The number of nitrogens with one attached hydrogen (secondary N) is 7. The number of guanidine groups is 7. The number of hydrogen-bond donors (Lipinski definition) is 23. The summed E-state index contributed by atoms with van der Waals surface area (Å²) in [7, 11) is 1.90. The number of carbonyl (C=O) groups excluding carboxylic acids is 8. The monoisotopic (exact) mass is 1370 g/mol. The normalized spacial score (nSPS) is 13.2. The van der Waals surface area contributed by atoms with E-state index in [4.69, 9.17) is 91.7 Å². The zero-order valence-electron chi connectivity index (χ0n) is 52.1. The molecular weight excluding hydrogens is 1270 g/mol. The van der Waals surface area contributed by atoms with Gasteiger partial charge >= 0.3 is 5.69 Å². The zero-order chi connectivity index (χ0) is 70.7. The highest BCUT2D eigenvalue weighted by Crippen LogP contribution is 2.35. The van der Waals surface area contributed by atoms with Crippen LogP contribution in [-0.2, 0) is 38.4 Å². The SMILES string of the molecule is NC(=O)[C@H](CCCN=C(N)N)NC(=O)[C@H](CCCN=C(N)N)NC(=O)[C@H](CCCN=C(N)N)NC(=O)[C@H](CCCN=C(N)N)NC(=O)[C@H](CCCN=C(N)N)NC(=O)[C@H](CCCN=C(N)N)NC(=O)[C@H](CCCN=C(N)N)NC(=O)[C@@H](N)CSSc1ncccc1[N+](=O)[O-]. The van der Waals surface area contributed by atoms with Crippen LogP contribution >= 0.6 is 21.6 Å². The molecule has 1 aromatic heterocycles. The summed E-state index contributed by atoms with van der Waals surface area (Å²) in [5.74, 6) is -9.22. The largest absolute Gasteiger partial charge is 0.370 e. The second kappa shape index (κ2) is 46.0. The van der Waals surface area contributed by atoms with Gasteiger partial charge in [-0.05, 0) is 107 Å². The molecule has 0 saturated carbocycles. The molecule has 526 valence electrons. The van der Waals surface area contributed by atoms with Crippen molar-refractivity contribution in [3.05, 3.63) is 28.4 Å². The first-order valence-electron chi connectivity index (χ1n) is 29.4. The van der Waals surface area contributed by atoms with Crippen LogP contribution in [0.15, 0.2) is 58.3 Å². The maximum atomic E-state index is 14.7. The van der Waals surface area contributed by atoms with Gasteiger partial charge in [0.25, 0.3) is 0 Å². The fourth-order valence-electron chi connectivity index (χ4n) is 8.16. The molecule has 0 saturated heterocycles. The lowest BCUT2D eigenvalue weighted by Crippen LogP contribution is -2.60. The molecule has 0 radical (unpaired) electrons. The second-order valence-electron chi connectivity index (χ2n) is 20.5. The molecule has 1 heterocycles. The molecule has 8 atom stereocenters. The van der Waals surface area contributed by atoms with Crippen molar-refractivity contribution in [1.82, 2.24) is 42.2 Å². The third kappa shape index (κ3) is 37.3. The summed E-state index contributed by atoms with van der Waals surface area (Å²) in [6.07, 6.45) is 1.03. The minimum Gasteiger partial charge on any atom is -0.370 e.